The number of esters is 1. The molecule has 5 rings (SSSR count). The van der Waals surface area contributed by atoms with Crippen LogP contribution in [0.3, 0.4) is 0 Å². The molecule has 9 heteroatoms. The first-order valence-electron chi connectivity index (χ1n) is 12.8. The number of ether oxygens (including phenoxy) is 1. The summed E-state index contributed by atoms with van der Waals surface area (Å²) >= 11 is 0. The maximum Gasteiger partial charge on any atom is 0.306 e. The summed E-state index contributed by atoms with van der Waals surface area (Å²) in [6.45, 7) is 10.4. The fourth-order valence-corrected chi connectivity index (χ4v) is 4.47. The zero-order chi connectivity index (χ0) is 26.2. The molecule has 0 saturated carbocycles. The number of anilines is 1. The number of aromatic nitrogens is 6. The van der Waals surface area contributed by atoms with Gasteiger partial charge in [0, 0.05) is 18.5 Å². The summed E-state index contributed by atoms with van der Waals surface area (Å²) in [7, 11) is 0. The lowest BCUT2D eigenvalue weighted by molar-refractivity contribution is -0.154. The minimum atomic E-state index is -0.439. The Morgan fingerprint density at radius 3 is 2.65 bits per heavy atom. The van der Waals surface area contributed by atoms with Gasteiger partial charge in [-0.3, -0.25) is 9.20 Å². The van der Waals surface area contributed by atoms with E-state index in [0.29, 0.717) is 17.9 Å². The van der Waals surface area contributed by atoms with Crippen LogP contribution in [0, 0.1) is 13.8 Å². The van der Waals surface area contributed by atoms with Crippen LogP contribution in [0.2, 0.25) is 0 Å². The van der Waals surface area contributed by atoms with Gasteiger partial charge in [-0.2, -0.15) is 0 Å². The van der Waals surface area contributed by atoms with Crippen LogP contribution >= 0.6 is 0 Å². The highest BCUT2D eigenvalue weighted by Crippen LogP contribution is 2.27. The van der Waals surface area contributed by atoms with Crippen molar-refractivity contribution in [1.29, 1.82) is 0 Å². The van der Waals surface area contributed by atoms with Crippen LogP contribution in [0.1, 0.15) is 57.8 Å². The monoisotopic (exact) mass is 499 g/mol. The van der Waals surface area contributed by atoms with Crippen molar-refractivity contribution < 1.29 is 9.53 Å². The molecule has 2 aromatic carbocycles. The second-order valence-corrected chi connectivity index (χ2v) is 10.5. The predicted octanol–water partition coefficient (Wildman–Crippen LogP) is 5.75. The van der Waals surface area contributed by atoms with Crippen LogP contribution in [-0.2, 0) is 9.53 Å². The zero-order valence-corrected chi connectivity index (χ0v) is 22.1. The average Bonchev–Trinajstić information content (AvgIpc) is 3.43. The summed E-state index contributed by atoms with van der Waals surface area (Å²) in [4.78, 5) is 25.0. The molecule has 0 aliphatic heterocycles. The maximum absolute atomic E-state index is 11.9. The number of aryl methyl sites for hydroxylation is 2. The van der Waals surface area contributed by atoms with Gasteiger partial charge in [0.05, 0.1) is 22.1 Å². The fourth-order valence-electron chi connectivity index (χ4n) is 4.47. The number of nitrogens with one attached hydrogen (secondary N) is 2. The van der Waals surface area contributed by atoms with E-state index in [9.17, 15) is 4.79 Å². The van der Waals surface area contributed by atoms with Gasteiger partial charge < -0.3 is 15.0 Å². The van der Waals surface area contributed by atoms with Crippen LogP contribution in [0.25, 0.3) is 39.1 Å². The Kier molecular flexibility index (Phi) is 6.54. The number of carbonyl (C=O) groups is 1. The van der Waals surface area contributed by atoms with Crippen molar-refractivity contribution in [2.75, 3.05) is 11.9 Å². The molecule has 3 aromatic heterocycles. The second-order valence-electron chi connectivity index (χ2n) is 10.5. The normalized spacial score (nSPS) is 12.0. The van der Waals surface area contributed by atoms with Crippen molar-refractivity contribution in [2.24, 2.45) is 0 Å². The van der Waals surface area contributed by atoms with Gasteiger partial charge in [-0.1, -0.05) is 12.5 Å². The molecule has 9 nitrogen and oxygen atoms in total. The van der Waals surface area contributed by atoms with Crippen molar-refractivity contribution in [3.63, 3.8) is 0 Å². The van der Waals surface area contributed by atoms with E-state index in [1.165, 1.54) is 5.56 Å². The summed E-state index contributed by atoms with van der Waals surface area (Å²) in [6.07, 6.45) is 3.04. The van der Waals surface area contributed by atoms with E-state index in [1.54, 1.807) is 0 Å². The molecule has 0 saturated heterocycles. The molecule has 0 spiro atoms. The molecule has 0 atom stereocenters. The third-order valence-electron chi connectivity index (χ3n) is 6.17. The van der Waals surface area contributed by atoms with E-state index in [1.807, 2.05) is 56.4 Å². The first kappa shape index (κ1) is 24.7. The van der Waals surface area contributed by atoms with Crippen LogP contribution in [0.4, 0.5) is 5.82 Å². The Bertz CT molecular complexity index is 1590. The van der Waals surface area contributed by atoms with E-state index in [2.05, 4.69) is 39.6 Å². The number of aromatic amines is 1. The quantitative estimate of drug-likeness (QED) is 0.206. The van der Waals surface area contributed by atoms with Crippen molar-refractivity contribution in [3.05, 3.63) is 47.8 Å². The molecule has 37 heavy (non-hydrogen) atoms. The van der Waals surface area contributed by atoms with Crippen molar-refractivity contribution in [2.45, 2.75) is 65.9 Å². The first-order valence-corrected chi connectivity index (χ1v) is 12.8. The lowest BCUT2D eigenvalue weighted by Gasteiger charge is -2.19. The van der Waals surface area contributed by atoms with Gasteiger partial charge in [-0.25, -0.2) is 9.97 Å². The van der Waals surface area contributed by atoms with E-state index in [0.717, 1.165) is 65.1 Å². The molecular formula is C28H33N7O2. The number of carbonyl (C=O) groups excluding carboxylic acids is 1. The molecule has 0 fully saturated rings. The zero-order valence-electron chi connectivity index (χ0n) is 22.1. The van der Waals surface area contributed by atoms with Crippen molar-refractivity contribution in [1.82, 2.24) is 29.5 Å². The smallest absolute Gasteiger partial charge is 0.306 e. The number of hydrogen-bond donors (Lipinski definition) is 2. The van der Waals surface area contributed by atoms with Crippen LogP contribution in [0.15, 0.2) is 36.4 Å². The summed E-state index contributed by atoms with van der Waals surface area (Å²) in [5.41, 5.74) is 6.14. The molecule has 3 heterocycles. The van der Waals surface area contributed by atoms with Gasteiger partial charge in [0.1, 0.15) is 17.2 Å². The minimum Gasteiger partial charge on any atom is -0.460 e. The first-order chi connectivity index (χ1) is 17.7. The van der Waals surface area contributed by atoms with E-state index >= 15 is 0 Å². The summed E-state index contributed by atoms with van der Waals surface area (Å²) < 4.78 is 7.41. The molecule has 0 bridgehead atoms. The van der Waals surface area contributed by atoms with E-state index in [-0.39, 0.29) is 5.97 Å². The number of unbranched alkanes of at least 4 members (excludes halogenated alkanes) is 2. The number of rotatable bonds is 8. The molecule has 2 N–H and O–H groups in total. The Hall–Kier alpha value is -4.01. The Morgan fingerprint density at radius 2 is 1.84 bits per heavy atom. The minimum absolute atomic E-state index is 0.146. The number of nitrogens with zero attached hydrogens (tertiary/aromatic N) is 5. The highest BCUT2D eigenvalue weighted by molar-refractivity contribution is 5.87. The molecular weight excluding hydrogens is 466 g/mol. The van der Waals surface area contributed by atoms with Gasteiger partial charge in [0.25, 0.3) is 0 Å². The van der Waals surface area contributed by atoms with Crippen LogP contribution in [-0.4, -0.2) is 47.7 Å². The lowest BCUT2D eigenvalue weighted by Crippen LogP contribution is -2.23. The highest BCUT2D eigenvalue weighted by Gasteiger charge is 2.16. The van der Waals surface area contributed by atoms with E-state index < -0.39 is 5.60 Å². The van der Waals surface area contributed by atoms with Gasteiger partial charge in [0.2, 0.25) is 5.65 Å². The topological polar surface area (TPSA) is 110 Å². The molecule has 0 aliphatic rings. The summed E-state index contributed by atoms with van der Waals surface area (Å²) in [5.74, 6) is 2.16. The van der Waals surface area contributed by atoms with Gasteiger partial charge in [-0.15, -0.1) is 10.2 Å². The Morgan fingerprint density at radius 1 is 1.00 bits per heavy atom. The molecule has 192 valence electrons. The third-order valence-corrected chi connectivity index (χ3v) is 6.17. The molecule has 5 aromatic rings. The second kappa shape index (κ2) is 9.80. The average molecular weight is 500 g/mol. The number of imidazole rings is 1. The number of fused-ring (bicyclic) bond motifs is 4. The van der Waals surface area contributed by atoms with Crippen molar-refractivity contribution >= 4 is 39.5 Å². The van der Waals surface area contributed by atoms with Crippen LogP contribution < -0.4 is 5.32 Å². The Labute approximate surface area is 215 Å². The van der Waals surface area contributed by atoms with Crippen molar-refractivity contribution in [3.8, 4) is 11.4 Å². The summed E-state index contributed by atoms with van der Waals surface area (Å²) in [6, 6.07) is 12.3. The lowest BCUT2D eigenvalue weighted by atomic mass is 10.1. The van der Waals surface area contributed by atoms with Gasteiger partial charge >= 0.3 is 5.97 Å². The van der Waals surface area contributed by atoms with Crippen LogP contribution in [0.5, 0.6) is 0 Å². The predicted molar refractivity (Wildman–Crippen MR) is 146 cm³/mol. The number of benzene rings is 2. The number of hydrogen-bond acceptors (Lipinski definition) is 7. The Balaban J connectivity index is 1.33. The standard InChI is InChI=1S/C28H33N7O2/c1-17-10-12-20-21(15-17)31-25(30-20)19-11-13-23-22(16-19)32-26(27-34-33-18(2)35(23)27)29-14-8-6-7-9-24(36)37-28(3,4)5/h10-13,15-16H,6-9,14H2,1-5H3,(H,29,32)(H,30,31). The fraction of sp³-hybridized carbons (Fsp3) is 0.393. The molecule has 0 aliphatic carbocycles. The molecule has 0 radical (unpaired) electrons. The third kappa shape index (κ3) is 5.40. The van der Waals surface area contributed by atoms with E-state index in [4.69, 9.17) is 14.7 Å². The molecule has 0 unspecified atom stereocenters. The molecule has 0 amide bonds. The summed E-state index contributed by atoms with van der Waals surface area (Å²) in [5, 5.41) is 12.1. The SMILES string of the molecule is Cc1ccc2nc(-c3ccc4c(c3)nc(NCCCCCC(=O)OC(C)(C)C)c3nnc(C)n34)[nH]c2c1. The largest absolute Gasteiger partial charge is 0.460 e. The maximum atomic E-state index is 11.9. The van der Waals surface area contributed by atoms with Gasteiger partial charge in [0.15, 0.2) is 5.82 Å². The highest BCUT2D eigenvalue weighted by atomic mass is 16.6. The number of H-pyrrole nitrogens is 1. The van der Waals surface area contributed by atoms with Gasteiger partial charge in [-0.05, 0) is 83.4 Å².